The van der Waals surface area contributed by atoms with Gasteiger partial charge in [-0.15, -0.1) is 0 Å². The van der Waals surface area contributed by atoms with Crippen molar-refractivity contribution >= 4 is 33.5 Å². The molecular formula is C13H14BrN3OS. The SMILES string of the molecule is CNc1cc(Oc2cc(Br)ccc2C)nc(SC)n1. The van der Waals surface area contributed by atoms with Crippen LogP contribution in [-0.4, -0.2) is 23.3 Å². The molecule has 0 amide bonds. The summed E-state index contributed by atoms with van der Waals surface area (Å²) in [6.45, 7) is 2.00. The highest BCUT2D eigenvalue weighted by Gasteiger charge is 2.07. The van der Waals surface area contributed by atoms with E-state index < -0.39 is 0 Å². The third kappa shape index (κ3) is 3.61. The van der Waals surface area contributed by atoms with Crippen LogP contribution in [0.5, 0.6) is 11.6 Å². The van der Waals surface area contributed by atoms with Gasteiger partial charge in [-0.1, -0.05) is 33.8 Å². The molecule has 0 bridgehead atoms. The first-order valence-electron chi connectivity index (χ1n) is 5.67. The fourth-order valence-corrected chi connectivity index (χ4v) is 2.18. The van der Waals surface area contributed by atoms with Crippen molar-refractivity contribution in [3.63, 3.8) is 0 Å². The highest BCUT2D eigenvalue weighted by Crippen LogP contribution is 2.28. The quantitative estimate of drug-likeness (QED) is 0.671. The maximum atomic E-state index is 5.84. The molecule has 0 aliphatic rings. The zero-order valence-electron chi connectivity index (χ0n) is 10.9. The number of rotatable bonds is 4. The van der Waals surface area contributed by atoms with Gasteiger partial charge in [0.1, 0.15) is 11.6 Å². The Morgan fingerprint density at radius 1 is 1.26 bits per heavy atom. The average Bonchev–Trinajstić information content (AvgIpc) is 2.42. The van der Waals surface area contributed by atoms with E-state index in [1.165, 1.54) is 11.8 Å². The monoisotopic (exact) mass is 339 g/mol. The Balaban J connectivity index is 2.34. The van der Waals surface area contributed by atoms with Gasteiger partial charge in [-0.25, -0.2) is 4.98 Å². The third-order valence-electron chi connectivity index (χ3n) is 2.49. The number of benzene rings is 1. The van der Waals surface area contributed by atoms with Gasteiger partial charge in [0, 0.05) is 17.6 Å². The number of hydrogen-bond acceptors (Lipinski definition) is 5. The molecule has 2 rings (SSSR count). The summed E-state index contributed by atoms with van der Waals surface area (Å²) >= 11 is 4.92. The van der Waals surface area contributed by atoms with Crippen LogP contribution in [0, 0.1) is 6.92 Å². The van der Waals surface area contributed by atoms with Crippen LogP contribution in [0.2, 0.25) is 0 Å². The minimum absolute atomic E-state index is 0.532. The molecule has 19 heavy (non-hydrogen) atoms. The zero-order chi connectivity index (χ0) is 13.8. The highest BCUT2D eigenvalue weighted by atomic mass is 79.9. The molecule has 1 heterocycles. The third-order valence-corrected chi connectivity index (χ3v) is 3.53. The van der Waals surface area contributed by atoms with Crippen molar-refractivity contribution in [2.45, 2.75) is 12.1 Å². The van der Waals surface area contributed by atoms with Crippen LogP contribution in [0.1, 0.15) is 5.56 Å². The van der Waals surface area contributed by atoms with E-state index in [1.807, 2.05) is 38.4 Å². The molecule has 4 nitrogen and oxygen atoms in total. The molecule has 1 aromatic heterocycles. The Hall–Kier alpha value is -1.27. The van der Waals surface area contributed by atoms with Crippen LogP contribution >= 0.6 is 27.7 Å². The highest BCUT2D eigenvalue weighted by molar-refractivity contribution is 9.10. The Kier molecular flexibility index (Phi) is 4.66. The second kappa shape index (κ2) is 6.25. The van der Waals surface area contributed by atoms with Crippen molar-refractivity contribution in [1.29, 1.82) is 0 Å². The summed E-state index contributed by atoms with van der Waals surface area (Å²) in [6.07, 6.45) is 1.93. The lowest BCUT2D eigenvalue weighted by molar-refractivity contribution is 0.452. The number of nitrogens with zero attached hydrogens (tertiary/aromatic N) is 2. The van der Waals surface area contributed by atoms with Crippen molar-refractivity contribution in [3.05, 3.63) is 34.3 Å². The summed E-state index contributed by atoms with van der Waals surface area (Å²) < 4.78 is 6.81. The Morgan fingerprint density at radius 2 is 2.05 bits per heavy atom. The molecule has 0 radical (unpaired) electrons. The van der Waals surface area contributed by atoms with E-state index in [4.69, 9.17) is 4.74 Å². The lowest BCUT2D eigenvalue weighted by Gasteiger charge is -2.10. The van der Waals surface area contributed by atoms with Gasteiger partial charge in [0.15, 0.2) is 5.16 Å². The lowest BCUT2D eigenvalue weighted by Crippen LogP contribution is -1.98. The maximum absolute atomic E-state index is 5.84. The van der Waals surface area contributed by atoms with Gasteiger partial charge in [-0.2, -0.15) is 4.98 Å². The van der Waals surface area contributed by atoms with Crippen molar-refractivity contribution in [2.75, 3.05) is 18.6 Å². The molecule has 2 aromatic rings. The van der Waals surface area contributed by atoms with E-state index >= 15 is 0 Å². The van der Waals surface area contributed by atoms with E-state index in [0.29, 0.717) is 11.0 Å². The summed E-state index contributed by atoms with van der Waals surface area (Å²) in [5.41, 5.74) is 1.05. The molecule has 0 aliphatic carbocycles. The van der Waals surface area contributed by atoms with Crippen LogP contribution in [0.25, 0.3) is 0 Å². The fourth-order valence-electron chi connectivity index (χ4n) is 1.47. The van der Waals surface area contributed by atoms with Gasteiger partial charge in [0.05, 0.1) is 0 Å². The number of thioether (sulfide) groups is 1. The molecule has 0 aliphatic heterocycles. The molecule has 0 unspecified atom stereocenters. The first-order valence-corrected chi connectivity index (χ1v) is 7.69. The molecule has 100 valence electrons. The topological polar surface area (TPSA) is 47.0 Å². The molecule has 0 atom stereocenters. The molecular weight excluding hydrogens is 326 g/mol. The van der Waals surface area contributed by atoms with Crippen LogP contribution in [0.3, 0.4) is 0 Å². The summed E-state index contributed by atoms with van der Waals surface area (Å²) in [7, 11) is 1.82. The van der Waals surface area contributed by atoms with Gasteiger partial charge >= 0.3 is 0 Å². The van der Waals surface area contributed by atoms with Gasteiger partial charge in [-0.3, -0.25) is 0 Å². The largest absolute Gasteiger partial charge is 0.438 e. The second-order valence-electron chi connectivity index (χ2n) is 3.84. The fraction of sp³-hybridized carbons (Fsp3) is 0.231. The number of aryl methyl sites for hydroxylation is 1. The predicted molar refractivity (Wildman–Crippen MR) is 82.3 cm³/mol. The van der Waals surface area contributed by atoms with E-state index in [2.05, 4.69) is 31.2 Å². The van der Waals surface area contributed by atoms with Crippen LogP contribution in [-0.2, 0) is 0 Å². The van der Waals surface area contributed by atoms with E-state index in [1.54, 1.807) is 6.07 Å². The van der Waals surface area contributed by atoms with E-state index in [9.17, 15) is 0 Å². The second-order valence-corrected chi connectivity index (χ2v) is 5.53. The van der Waals surface area contributed by atoms with Crippen molar-refractivity contribution < 1.29 is 4.74 Å². The van der Waals surface area contributed by atoms with Gasteiger partial charge in [-0.05, 0) is 30.9 Å². The zero-order valence-corrected chi connectivity index (χ0v) is 13.3. The Labute approximate surface area is 125 Å². The number of hydrogen-bond donors (Lipinski definition) is 1. The molecule has 0 saturated heterocycles. The van der Waals surface area contributed by atoms with E-state index in [0.717, 1.165) is 21.6 Å². The molecule has 1 aromatic carbocycles. The lowest BCUT2D eigenvalue weighted by atomic mass is 10.2. The molecule has 1 N–H and O–H groups in total. The van der Waals surface area contributed by atoms with Crippen LogP contribution < -0.4 is 10.1 Å². The number of nitrogens with one attached hydrogen (secondary N) is 1. The average molecular weight is 340 g/mol. The molecule has 0 spiro atoms. The Morgan fingerprint density at radius 3 is 2.74 bits per heavy atom. The first kappa shape index (κ1) is 14.1. The van der Waals surface area contributed by atoms with Gasteiger partial charge in [0.2, 0.25) is 5.88 Å². The molecule has 0 saturated carbocycles. The van der Waals surface area contributed by atoms with E-state index in [-0.39, 0.29) is 0 Å². The number of ether oxygens (including phenoxy) is 1. The summed E-state index contributed by atoms with van der Waals surface area (Å²) in [4.78, 5) is 8.64. The summed E-state index contributed by atoms with van der Waals surface area (Å²) in [5, 5.41) is 3.68. The maximum Gasteiger partial charge on any atom is 0.225 e. The van der Waals surface area contributed by atoms with Crippen LogP contribution in [0.15, 0.2) is 33.9 Å². The van der Waals surface area contributed by atoms with Crippen LogP contribution in [0.4, 0.5) is 5.82 Å². The minimum Gasteiger partial charge on any atom is -0.438 e. The number of aromatic nitrogens is 2. The smallest absolute Gasteiger partial charge is 0.225 e. The van der Waals surface area contributed by atoms with Gasteiger partial charge < -0.3 is 10.1 Å². The minimum atomic E-state index is 0.532. The van der Waals surface area contributed by atoms with Crippen molar-refractivity contribution in [3.8, 4) is 11.6 Å². The van der Waals surface area contributed by atoms with Crippen molar-refractivity contribution in [2.24, 2.45) is 0 Å². The molecule has 6 heteroatoms. The number of anilines is 1. The Bertz CT molecular complexity index is 570. The first-order chi connectivity index (χ1) is 9.12. The van der Waals surface area contributed by atoms with Crippen molar-refractivity contribution in [1.82, 2.24) is 9.97 Å². The standard InChI is InChI=1S/C13H14BrN3OS/c1-8-4-5-9(14)6-10(8)18-12-7-11(15-2)16-13(17-12)19-3/h4-7H,1-3H3,(H,15,16,17). The van der Waals surface area contributed by atoms with Gasteiger partial charge in [0.25, 0.3) is 0 Å². The summed E-state index contributed by atoms with van der Waals surface area (Å²) in [5.74, 6) is 2.05. The summed E-state index contributed by atoms with van der Waals surface area (Å²) in [6, 6.07) is 7.68. The predicted octanol–water partition coefficient (Wildman–Crippen LogP) is 4.10. The molecule has 0 fully saturated rings. The normalized spacial score (nSPS) is 10.3. The number of halogens is 1.